The second-order valence-corrected chi connectivity index (χ2v) is 29.4. The van der Waals surface area contributed by atoms with Crippen molar-refractivity contribution in [3.8, 4) is 0 Å². The molecule has 0 aliphatic carbocycles. The van der Waals surface area contributed by atoms with Crippen molar-refractivity contribution < 1.29 is 37.6 Å². The van der Waals surface area contributed by atoms with Crippen molar-refractivity contribution in [3.05, 3.63) is 97.2 Å². The summed E-state index contributed by atoms with van der Waals surface area (Å²) in [5.74, 6) is -0.807. The van der Waals surface area contributed by atoms with Crippen LogP contribution in [0, 0.1) is 0 Å². The topological polar surface area (TPSA) is 134 Å². The van der Waals surface area contributed by atoms with Crippen molar-refractivity contribution in [1.82, 2.24) is 0 Å². The molecule has 97 heavy (non-hydrogen) atoms. The number of esters is 2. The molecule has 0 saturated heterocycles. The normalized spacial score (nSPS) is 13.3. The molecule has 0 aliphatic rings. The number of unbranched alkanes of at least 4 members (excludes halogenated alkanes) is 50. The number of hydrogen-bond donors (Lipinski definition) is 2. The maximum Gasteiger partial charge on any atom is 0.472 e. The van der Waals surface area contributed by atoms with Crippen LogP contribution >= 0.6 is 7.82 Å². The lowest BCUT2D eigenvalue weighted by Crippen LogP contribution is -2.29. The molecule has 10 heteroatoms. The van der Waals surface area contributed by atoms with Gasteiger partial charge in [-0.1, -0.05) is 400 Å². The molecule has 2 unspecified atom stereocenters. The lowest BCUT2D eigenvalue weighted by molar-refractivity contribution is -0.161. The predicted molar refractivity (Wildman–Crippen MR) is 422 cm³/mol. The number of nitrogens with two attached hydrogens (primary N) is 1. The van der Waals surface area contributed by atoms with Gasteiger partial charge in [-0.05, 0) is 96.3 Å². The van der Waals surface area contributed by atoms with E-state index in [-0.39, 0.29) is 38.6 Å². The molecule has 0 bridgehead atoms. The van der Waals surface area contributed by atoms with Gasteiger partial charge in [-0.2, -0.15) is 0 Å². The minimum absolute atomic E-state index is 0.0537. The van der Waals surface area contributed by atoms with Crippen molar-refractivity contribution >= 4 is 19.8 Å². The molecule has 0 amide bonds. The Bertz CT molecular complexity index is 1920. The Hall–Kier alpha value is -3.07. The Kier molecular flexibility index (Phi) is 79.3. The summed E-state index contributed by atoms with van der Waals surface area (Å²) in [7, 11) is -4.40. The maximum absolute atomic E-state index is 12.8. The van der Waals surface area contributed by atoms with E-state index >= 15 is 0 Å². The third-order valence-corrected chi connectivity index (χ3v) is 19.4. The summed E-state index contributed by atoms with van der Waals surface area (Å²) >= 11 is 0. The highest BCUT2D eigenvalue weighted by Gasteiger charge is 2.26. The van der Waals surface area contributed by atoms with Crippen molar-refractivity contribution in [2.45, 2.75) is 418 Å². The highest BCUT2D eigenvalue weighted by atomic mass is 31.2. The molecule has 0 aromatic rings. The Balaban J connectivity index is 3.77. The average Bonchev–Trinajstić information content (AvgIpc) is 2.57. The van der Waals surface area contributed by atoms with Crippen LogP contribution in [0.1, 0.15) is 412 Å². The highest BCUT2D eigenvalue weighted by molar-refractivity contribution is 7.47. The Morgan fingerprint density at radius 1 is 0.320 bits per heavy atom. The van der Waals surface area contributed by atoms with Crippen molar-refractivity contribution in [2.24, 2.45) is 5.73 Å². The Morgan fingerprint density at radius 2 is 0.567 bits per heavy atom. The van der Waals surface area contributed by atoms with E-state index < -0.39 is 26.5 Å². The van der Waals surface area contributed by atoms with Gasteiger partial charge in [0.15, 0.2) is 6.10 Å². The second-order valence-electron chi connectivity index (χ2n) is 28.0. The van der Waals surface area contributed by atoms with Gasteiger partial charge in [-0.25, -0.2) is 4.57 Å². The molecule has 3 N–H and O–H groups in total. The number of ether oxygens (including phenoxy) is 2. The average molecular weight is 1380 g/mol. The molecular formula is C87H158NO8P. The minimum atomic E-state index is -4.40. The quantitative estimate of drug-likeness (QED) is 0.0264. The van der Waals surface area contributed by atoms with Gasteiger partial charge >= 0.3 is 19.8 Å². The molecule has 0 aliphatic heterocycles. The summed E-state index contributed by atoms with van der Waals surface area (Å²) in [5.41, 5.74) is 5.42. The van der Waals surface area contributed by atoms with E-state index in [0.717, 1.165) is 83.5 Å². The number of allylic oxidation sites excluding steroid dienone is 16. The van der Waals surface area contributed by atoms with E-state index in [1.165, 1.54) is 295 Å². The van der Waals surface area contributed by atoms with E-state index in [1.807, 2.05) is 0 Å². The van der Waals surface area contributed by atoms with Crippen LogP contribution in [0.4, 0.5) is 0 Å². The molecule has 0 saturated carbocycles. The smallest absolute Gasteiger partial charge is 0.462 e. The fourth-order valence-corrected chi connectivity index (χ4v) is 13.1. The van der Waals surface area contributed by atoms with Gasteiger partial charge in [-0.3, -0.25) is 18.6 Å². The fourth-order valence-electron chi connectivity index (χ4n) is 12.3. The van der Waals surface area contributed by atoms with Crippen molar-refractivity contribution in [3.63, 3.8) is 0 Å². The van der Waals surface area contributed by atoms with E-state index in [0.29, 0.717) is 6.42 Å². The van der Waals surface area contributed by atoms with Gasteiger partial charge in [0.2, 0.25) is 0 Å². The monoisotopic (exact) mass is 1380 g/mol. The first kappa shape index (κ1) is 93.9. The van der Waals surface area contributed by atoms with E-state index in [4.69, 9.17) is 24.3 Å². The van der Waals surface area contributed by atoms with Gasteiger partial charge in [-0.15, -0.1) is 0 Å². The van der Waals surface area contributed by atoms with E-state index in [2.05, 4.69) is 111 Å². The van der Waals surface area contributed by atoms with Crippen LogP contribution in [-0.4, -0.2) is 49.3 Å². The summed E-state index contributed by atoms with van der Waals surface area (Å²) in [6, 6.07) is 0. The third kappa shape index (κ3) is 81.8. The molecule has 0 heterocycles. The van der Waals surface area contributed by atoms with Gasteiger partial charge in [0, 0.05) is 19.4 Å². The number of hydrogen-bond acceptors (Lipinski definition) is 8. The first-order valence-corrected chi connectivity index (χ1v) is 43.2. The summed E-state index contributed by atoms with van der Waals surface area (Å²) < 4.78 is 33.3. The molecule has 0 aromatic heterocycles. The second kappa shape index (κ2) is 81.9. The predicted octanol–water partition coefficient (Wildman–Crippen LogP) is 28.2. The first-order chi connectivity index (χ1) is 47.8. The summed E-state index contributed by atoms with van der Waals surface area (Å²) in [6.07, 6.45) is 113. The van der Waals surface area contributed by atoms with Crippen LogP contribution in [0.15, 0.2) is 97.2 Å². The number of rotatable bonds is 79. The third-order valence-electron chi connectivity index (χ3n) is 18.5. The van der Waals surface area contributed by atoms with Crippen LogP contribution in [0.5, 0.6) is 0 Å². The lowest BCUT2D eigenvalue weighted by atomic mass is 10.0. The van der Waals surface area contributed by atoms with Gasteiger partial charge in [0.1, 0.15) is 6.61 Å². The van der Waals surface area contributed by atoms with Crippen molar-refractivity contribution in [2.75, 3.05) is 26.4 Å². The van der Waals surface area contributed by atoms with Gasteiger partial charge in [0.05, 0.1) is 13.2 Å². The fraction of sp³-hybridized carbons (Fsp3) is 0.793. The van der Waals surface area contributed by atoms with Crippen molar-refractivity contribution in [1.29, 1.82) is 0 Å². The van der Waals surface area contributed by atoms with Crippen LogP contribution < -0.4 is 5.73 Å². The molecule has 0 rings (SSSR count). The van der Waals surface area contributed by atoms with E-state index in [9.17, 15) is 19.0 Å². The van der Waals surface area contributed by atoms with E-state index in [1.54, 1.807) is 0 Å². The molecule has 2 atom stereocenters. The Labute approximate surface area is 601 Å². The lowest BCUT2D eigenvalue weighted by Gasteiger charge is -2.19. The minimum Gasteiger partial charge on any atom is -0.462 e. The van der Waals surface area contributed by atoms with Crippen LogP contribution in [0.25, 0.3) is 0 Å². The molecule has 564 valence electrons. The number of carbonyl (C=O) groups is 2. The van der Waals surface area contributed by atoms with Crippen LogP contribution in [-0.2, 0) is 32.7 Å². The first-order valence-electron chi connectivity index (χ1n) is 41.7. The van der Waals surface area contributed by atoms with Gasteiger partial charge in [0.25, 0.3) is 0 Å². The number of carbonyl (C=O) groups excluding carboxylic acids is 2. The molecule has 0 fully saturated rings. The zero-order chi connectivity index (χ0) is 70.0. The highest BCUT2D eigenvalue weighted by Crippen LogP contribution is 2.43. The molecule has 0 radical (unpaired) electrons. The zero-order valence-electron chi connectivity index (χ0n) is 63.8. The molecule has 9 nitrogen and oxygen atoms in total. The number of phosphoric ester groups is 1. The Morgan fingerprint density at radius 3 is 0.856 bits per heavy atom. The van der Waals surface area contributed by atoms with Crippen LogP contribution in [0.2, 0.25) is 0 Å². The van der Waals surface area contributed by atoms with Gasteiger partial charge < -0.3 is 20.1 Å². The zero-order valence-corrected chi connectivity index (χ0v) is 64.7. The standard InChI is InChI=1S/C87H158NO8P/c1-3-5-7-9-11-13-15-17-19-21-23-25-27-29-31-33-35-37-39-40-41-42-43-44-46-48-50-52-54-56-58-60-62-64-66-68-70-72-74-76-78-80-87(90)96-85(84-95-97(91,92)94-82-81-88)83-93-86(89)79-77-75-73-71-69-67-65-63-61-59-57-55-53-51-49-47-45-38-36-34-32-30-28-26-24-22-20-18-16-14-12-10-8-6-4-2/h5,7,11,13,17,19,22-25,29,31,35,37,40-41,85H,3-4,6,8-10,12,14-16,18,20-21,26-28,30,32-34,36,38-39,42-84,88H2,1-2H3,(H,91,92)/b7-5-,13-11-,19-17-,24-22-,25-23-,31-29-,37-35-,41-40-. The molecular weight excluding hydrogens is 1220 g/mol. The summed E-state index contributed by atoms with van der Waals surface area (Å²) in [6.45, 7) is 3.69. The summed E-state index contributed by atoms with van der Waals surface area (Å²) in [4.78, 5) is 35.5. The molecule has 0 spiro atoms. The summed E-state index contributed by atoms with van der Waals surface area (Å²) in [5, 5.41) is 0. The molecule has 0 aromatic carbocycles. The largest absolute Gasteiger partial charge is 0.472 e. The maximum atomic E-state index is 12.8. The number of phosphoric acid groups is 1. The van der Waals surface area contributed by atoms with Crippen LogP contribution in [0.3, 0.4) is 0 Å². The SMILES string of the molecule is CC/C=C\C/C=C\C/C=C\C/C=C\C/C=C\C/C=C\C/C=C\CCCCCCCCCCCCCCCCCCCCCC(=O)OC(COC(=O)CCCCCCCCCCCCCCCCCCCCCCCCC/C=C\CCCCCCCCCC)COP(=O)(O)OCCN.